The van der Waals surface area contributed by atoms with Crippen LogP contribution in [0.25, 0.3) is 11.1 Å². The Hall–Kier alpha value is -2.57. The topological polar surface area (TPSA) is 62.2 Å². The molecule has 2 aromatic carbocycles. The van der Waals surface area contributed by atoms with Gasteiger partial charge in [-0.15, -0.1) is 0 Å². The number of nitrogens with zero attached hydrogens (tertiary/aromatic N) is 2. The predicted molar refractivity (Wildman–Crippen MR) is 123 cm³/mol. The number of benzene rings is 2. The van der Waals surface area contributed by atoms with Gasteiger partial charge in [0.25, 0.3) is 0 Å². The van der Waals surface area contributed by atoms with Gasteiger partial charge in [-0.1, -0.05) is 36.4 Å². The molecule has 0 radical (unpaired) electrons. The standard InChI is InChI=1S/C26H32N2O4/c1-31-16-17-32-23-8-4-20(5-9-23)19-2-6-22(7-3-19)26(12-13-26)28(25(29)30)24-18-27-14-10-21(24)11-15-27/h2-9,21,24H,10-18H2,1H3,(H,29,30). The van der Waals surface area contributed by atoms with Crippen molar-refractivity contribution in [1.82, 2.24) is 9.80 Å². The molecular formula is C26H32N2O4. The number of ether oxygens (including phenoxy) is 2. The molecule has 1 atom stereocenters. The molecule has 2 aromatic rings. The average molecular weight is 437 g/mol. The smallest absolute Gasteiger partial charge is 0.408 e. The van der Waals surface area contributed by atoms with E-state index in [1.165, 1.54) is 0 Å². The molecule has 1 saturated carbocycles. The normalized spacial score (nSPS) is 25.3. The number of carbonyl (C=O) groups is 1. The van der Waals surface area contributed by atoms with Gasteiger partial charge < -0.3 is 19.5 Å². The maximum atomic E-state index is 12.4. The Kier molecular flexibility index (Phi) is 5.82. The average Bonchev–Trinajstić information content (AvgIpc) is 3.62. The SMILES string of the molecule is COCCOc1ccc(-c2ccc(C3(N(C(=O)O)C4CN5CCC4CC5)CC3)cc2)cc1. The van der Waals surface area contributed by atoms with Crippen molar-refractivity contribution in [3.63, 3.8) is 0 Å². The van der Waals surface area contributed by atoms with Crippen LogP contribution in [0.4, 0.5) is 4.79 Å². The van der Waals surface area contributed by atoms with Crippen molar-refractivity contribution in [2.24, 2.45) is 5.92 Å². The van der Waals surface area contributed by atoms with Gasteiger partial charge >= 0.3 is 6.09 Å². The molecule has 1 N–H and O–H groups in total. The summed E-state index contributed by atoms with van der Waals surface area (Å²) in [5.41, 5.74) is 3.01. The lowest BCUT2D eigenvalue weighted by molar-refractivity contribution is -0.0131. The number of methoxy groups -OCH3 is 1. The summed E-state index contributed by atoms with van der Waals surface area (Å²) in [6.45, 7) is 4.22. The summed E-state index contributed by atoms with van der Waals surface area (Å²) in [7, 11) is 1.66. The lowest BCUT2D eigenvalue weighted by Gasteiger charge is -2.50. The molecule has 0 aromatic heterocycles. The summed E-state index contributed by atoms with van der Waals surface area (Å²) in [5.74, 6) is 1.33. The summed E-state index contributed by atoms with van der Waals surface area (Å²) in [6, 6.07) is 16.7. The zero-order chi connectivity index (χ0) is 22.1. The van der Waals surface area contributed by atoms with E-state index >= 15 is 0 Å². The molecule has 1 amide bonds. The lowest BCUT2D eigenvalue weighted by Crippen LogP contribution is -2.61. The first-order valence-corrected chi connectivity index (χ1v) is 11.7. The lowest BCUT2D eigenvalue weighted by atomic mass is 9.82. The van der Waals surface area contributed by atoms with Crippen molar-refractivity contribution in [3.8, 4) is 16.9 Å². The van der Waals surface area contributed by atoms with Gasteiger partial charge in [0.1, 0.15) is 12.4 Å². The number of hydrogen-bond donors (Lipinski definition) is 1. The zero-order valence-electron chi connectivity index (χ0n) is 18.7. The van der Waals surface area contributed by atoms with Gasteiger partial charge in [0.2, 0.25) is 0 Å². The number of hydrogen-bond acceptors (Lipinski definition) is 4. The van der Waals surface area contributed by atoms with Crippen LogP contribution in [0, 0.1) is 5.92 Å². The summed E-state index contributed by atoms with van der Waals surface area (Å²) in [5, 5.41) is 10.2. The molecular weight excluding hydrogens is 404 g/mol. The molecule has 1 unspecified atom stereocenters. The zero-order valence-corrected chi connectivity index (χ0v) is 18.7. The fraction of sp³-hybridized carbons (Fsp3) is 0.500. The molecule has 1 aliphatic carbocycles. The molecule has 170 valence electrons. The molecule has 3 heterocycles. The summed E-state index contributed by atoms with van der Waals surface area (Å²) >= 11 is 0. The highest BCUT2D eigenvalue weighted by atomic mass is 16.5. The highest BCUT2D eigenvalue weighted by Crippen LogP contribution is 2.54. The van der Waals surface area contributed by atoms with E-state index in [-0.39, 0.29) is 11.6 Å². The van der Waals surface area contributed by atoms with Crippen molar-refractivity contribution in [3.05, 3.63) is 54.1 Å². The maximum absolute atomic E-state index is 12.4. The van der Waals surface area contributed by atoms with Gasteiger partial charge in [-0.05, 0) is 73.5 Å². The molecule has 0 spiro atoms. The Bertz CT molecular complexity index is 931. The Morgan fingerprint density at radius 2 is 1.66 bits per heavy atom. The molecule has 6 rings (SSSR count). The van der Waals surface area contributed by atoms with Gasteiger partial charge in [-0.2, -0.15) is 0 Å². The van der Waals surface area contributed by atoms with Gasteiger partial charge in [0.05, 0.1) is 18.2 Å². The number of rotatable bonds is 8. The molecule has 3 aliphatic heterocycles. The van der Waals surface area contributed by atoms with E-state index < -0.39 is 6.09 Å². The maximum Gasteiger partial charge on any atom is 0.408 e. The monoisotopic (exact) mass is 436 g/mol. The fourth-order valence-electron chi connectivity index (χ4n) is 5.62. The van der Waals surface area contributed by atoms with Crippen LogP contribution in [0.3, 0.4) is 0 Å². The molecule has 6 nitrogen and oxygen atoms in total. The minimum absolute atomic E-state index is 0.114. The molecule has 6 heteroatoms. The highest BCUT2D eigenvalue weighted by Gasteiger charge is 2.56. The Morgan fingerprint density at radius 3 is 2.16 bits per heavy atom. The Morgan fingerprint density at radius 1 is 1.03 bits per heavy atom. The number of fused-ring (bicyclic) bond motifs is 3. The van der Waals surface area contributed by atoms with Crippen LogP contribution < -0.4 is 4.74 Å². The summed E-state index contributed by atoms with van der Waals surface area (Å²) in [4.78, 5) is 16.7. The van der Waals surface area contributed by atoms with Crippen LogP contribution in [0.2, 0.25) is 0 Å². The van der Waals surface area contributed by atoms with E-state index in [2.05, 4.69) is 41.3 Å². The minimum atomic E-state index is -0.769. The summed E-state index contributed by atoms with van der Waals surface area (Å²) < 4.78 is 10.7. The van der Waals surface area contributed by atoms with E-state index in [1.807, 2.05) is 17.0 Å². The molecule has 4 fully saturated rings. The molecule has 3 saturated heterocycles. The quantitative estimate of drug-likeness (QED) is 0.620. The Balaban J connectivity index is 1.33. The van der Waals surface area contributed by atoms with Crippen molar-refractivity contribution in [2.45, 2.75) is 37.3 Å². The fourth-order valence-corrected chi connectivity index (χ4v) is 5.62. The second-order valence-electron chi connectivity index (χ2n) is 9.33. The van der Waals surface area contributed by atoms with Crippen molar-refractivity contribution in [2.75, 3.05) is 40.0 Å². The van der Waals surface area contributed by atoms with Crippen LogP contribution in [-0.4, -0.2) is 67.0 Å². The van der Waals surface area contributed by atoms with Crippen LogP contribution >= 0.6 is 0 Å². The van der Waals surface area contributed by atoms with Crippen LogP contribution in [0.15, 0.2) is 48.5 Å². The molecule has 4 aliphatic rings. The first-order valence-electron chi connectivity index (χ1n) is 11.7. The van der Waals surface area contributed by atoms with Gasteiger partial charge in [0, 0.05) is 13.7 Å². The van der Waals surface area contributed by atoms with Crippen LogP contribution in [0.5, 0.6) is 5.75 Å². The van der Waals surface area contributed by atoms with Gasteiger partial charge in [0.15, 0.2) is 0 Å². The predicted octanol–water partition coefficient (Wildman–Crippen LogP) is 4.44. The van der Waals surface area contributed by atoms with Gasteiger partial charge in [-0.25, -0.2) is 4.79 Å². The number of piperidine rings is 3. The van der Waals surface area contributed by atoms with Crippen molar-refractivity contribution in [1.29, 1.82) is 0 Å². The third-order valence-corrected chi connectivity index (χ3v) is 7.51. The minimum Gasteiger partial charge on any atom is -0.491 e. The van der Waals surface area contributed by atoms with E-state index in [9.17, 15) is 9.90 Å². The van der Waals surface area contributed by atoms with E-state index in [0.717, 1.165) is 67.8 Å². The third-order valence-electron chi connectivity index (χ3n) is 7.51. The van der Waals surface area contributed by atoms with E-state index in [0.29, 0.717) is 19.1 Å². The number of carboxylic acid groups (broad SMARTS) is 1. The van der Waals surface area contributed by atoms with E-state index in [4.69, 9.17) is 9.47 Å². The van der Waals surface area contributed by atoms with Crippen LogP contribution in [-0.2, 0) is 10.3 Å². The second-order valence-corrected chi connectivity index (χ2v) is 9.33. The first-order chi connectivity index (χ1) is 15.6. The van der Waals surface area contributed by atoms with Gasteiger partial charge in [-0.3, -0.25) is 4.90 Å². The third kappa shape index (κ3) is 3.97. The highest BCUT2D eigenvalue weighted by molar-refractivity contribution is 5.69. The van der Waals surface area contributed by atoms with Crippen LogP contribution in [0.1, 0.15) is 31.2 Å². The van der Waals surface area contributed by atoms with Crippen molar-refractivity contribution < 1.29 is 19.4 Å². The molecule has 32 heavy (non-hydrogen) atoms. The second kappa shape index (κ2) is 8.75. The first kappa shape index (κ1) is 21.3. The van der Waals surface area contributed by atoms with E-state index in [1.54, 1.807) is 7.11 Å². The number of amides is 1. The Labute approximate surface area is 189 Å². The molecule has 2 bridgehead atoms. The largest absolute Gasteiger partial charge is 0.491 e. The van der Waals surface area contributed by atoms with Crippen molar-refractivity contribution >= 4 is 6.09 Å². The summed E-state index contributed by atoms with van der Waals surface area (Å²) in [6.07, 6.45) is 3.29.